The summed E-state index contributed by atoms with van der Waals surface area (Å²) in [5.74, 6) is 2.50. The maximum absolute atomic E-state index is 5.91. The maximum Gasteiger partial charge on any atom is 0.191 e. The predicted octanol–water partition coefficient (Wildman–Crippen LogP) is 3.09. The van der Waals surface area contributed by atoms with Gasteiger partial charge in [0.05, 0.1) is 19.3 Å². The molecule has 30 heavy (non-hydrogen) atoms. The van der Waals surface area contributed by atoms with Crippen molar-refractivity contribution in [3.8, 4) is 5.75 Å². The molecule has 1 fully saturated rings. The van der Waals surface area contributed by atoms with E-state index >= 15 is 0 Å². The Morgan fingerprint density at radius 2 is 2.13 bits per heavy atom. The summed E-state index contributed by atoms with van der Waals surface area (Å²) in [6.07, 6.45) is 2.05. The largest absolute Gasteiger partial charge is 0.489 e. The first-order chi connectivity index (χ1) is 14.5. The highest BCUT2D eigenvalue weighted by Crippen LogP contribution is 2.17. The van der Waals surface area contributed by atoms with Crippen LogP contribution in [0.5, 0.6) is 5.75 Å². The van der Waals surface area contributed by atoms with Crippen LogP contribution in [-0.2, 0) is 11.3 Å². The summed E-state index contributed by atoms with van der Waals surface area (Å²) in [7, 11) is 1.76. The number of anilines is 1. The van der Waals surface area contributed by atoms with Crippen molar-refractivity contribution in [3.05, 3.63) is 53.2 Å². The lowest BCUT2D eigenvalue weighted by Gasteiger charge is -2.32. The van der Waals surface area contributed by atoms with E-state index in [9.17, 15) is 0 Å². The monoisotopic (exact) mass is 431 g/mol. The van der Waals surface area contributed by atoms with Gasteiger partial charge in [-0.3, -0.25) is 4.99 Å². The van der Waals surface area contributed by atoms with E-state index in [1.807, 2.05) is 43.5 Å². The van der Waals surface area contributed by atoms with Crippen LogP contribution in [0.25, 0.3) is 0 Å². The standard InChI is InChI=1S/C22H30ClN5O2/c1-16(30-20-6-4-19(23)5-7-20)13-26-22(24-3)27-14-18-8-9-25-21(12-18)28-10-11-29-17(2)15-28/h4-9,12,16-17H,10-11,13-15H2,1-3H3,(H2,24,26,27). The Morgan fingerprint density at radius 3 is 2.87 bits per heavy atom. The molecule has 0 aliphatic carbocycles. The molecule has 162 valence electrons. The molecule has 7 nitrogen and oxygen atoms in total. The smallest absolute Gasteiger partial charge is 0.191 e. The van der Waals surface area contributed by atoms with Gasteiger partial charge in [-0.25, -0.2) is 4.98 Å². The van der Waals surface area contributed by atoms with Crippen molar-refractivity contribution >= 4 is 23.4 Å². The van der Waals surface area contributed by atoms with Crippen molar-refractivity contribution in [1.29, 1.82) is 0 Å². The van der Waals surface area contributed by atoms with Gasteiger partial charge in [0, 0.05) is 37.9 Å². The van der Waals surface area contributed by atoms with Gasteiger partial charge >= 0.3 is 0 Å². The van der Waals surface area contributed by atoms with Crippen molar-refractivity contribution in [2.45, 2.75) is 32.6 Å². The number of pyridine rings is 1. The minimum Gasteiger partial charge on any atom is -0.489 e. The van der Waals surface area contributed by atoms with Crippen LogP contribution in [0.3, 0.4) is 0 Å². The lowest BCUT2D eigenvalue weighted by atomic mass is 10.2. The topological polar surface area (TPSA) is 71.0 Å². The second kappa shape index (κ2) is 11.0. The number of ether oxygens (including phenoxy) is 2. The number of nitrogens with zero attached hydrogens (tertiary/aromatic N) is 3. The molecular weight excluding hydrogens is 402 g/mol. The van der Waals surface area contributed by atoms with E-state index in [1.165, 1.54) is 0 Å². The van der Waals surface area contributed by atoms with Crippen LogP contribution in [0.4, 0.5) is 5.82 Å². The van der Waals surface area contributed by atoms with Crippen LogP contribution in [0, 0.1) is 0 Å². The fraction of sp³-hybridized carbons (Fsp3) is 0.455. The van der Waals surface area contributed by atoms with Crippen LogP contribution in [-0.4, -0.2) is 56.4 Å². The fourth-order valence-corrected chi connectivity index (χ4v) is 3.33. The third kappa shape index (κ3) is 6.78. The summed E-state index contributed by atoms with van der Waals surface area (Å²) < 4.78 is 11.5. The molecule has 0 radical (unpaired) electrons. The van der Waals surface area contributed by atoms with Crippen molar-refractivity contribution in [2.24, 2.45) is 4.99 Å². The Morgan fingerprint density at radius 1 is 1.33 bits per heavy atom. The third-order valence-corrected chi connectivity index (χ3v) is 5.02. The van der Waals surface area contributed by atoms with E-state index in [-0.39, 0.29) is 12.2 Å². The molecule has 1 saturated heterocycles. The number of aromatic nitrogens is 1. The van der Waals surface area contributed by atoms with Gasteiger partial charge < -0.3 is 25.0 Å². The molecule has 2 N–H and O–H groups in total. The molecule has 1 aromatic carbocycles. The van der Waals surface area contributed by atoms with Gasteiger partial charge in [-0.15, -0.1) is 0 Å². The highest BCUT2D eigenvalue weighted by atomic mass is 35.5. The number of benzene rings is 1. The van der Waals surface area contributed by atoms with Gasteiger partial charge in [-0.05, 0) is 55.8 Å². The van der Waals surface area contributed by atoms with E-state index in [0.717, 1.165) is 42.8 Å². The van der Waals surface area contributed by atoms with E-state index in [4.69, 9.17) is 21.1 Å². The van der Waals surface area contributed by atoms with Crippen LogP contribution >= 0.6 is 11.6 Å². The van der Waals surface area contributed by atoms with Gasteiger partial charge in [-0.1, -0.05) is 11.6 Å². The summed E-state index contributed by atoms with van der Waals surface area (Å²) >= 11 is 5.91. The summed E-state index contributed by atoms with van der Waals surface area (Å²) in [6, 6.07) is 11.5. The number of rotatable bonds is 7. The van der Waals surface area contributed by atoms with Gasteiger partial charge in [-0.2, -0.15) is 0 Å². The van der Waals surface area contributed by atoms with Crippen molar-refractivity contribution in [2.75, 3.05) is 38.2 Å². The fourth-order valence-electron chi connectivity index (χ4n) is 3.20. The van der Waals surface area contributed by atoms with Crippen molar-refractivity contribution in [1.82, 2.24) is 15.6 Å². The molecule has 0 saturated carbocycles. The lowest BCUT2D eigenvalue weighted by Crippen LogP contribution is -2.42. The van der Waals surface area contributed by atoms with E-state index in [2.05, 4.69) is 38.5 Å². The number of halogens is 1. The summed E-state index contributed by atoms with van der Waals surface area (Å²) in [6.45, 7) is 7.83. The Balaban J connectivity index is 1.47. The predicted molar refractivity (Wildman–Crippen MR) is 122 cm³/mol. The maximum atomic E-state index is 5.91. The van der Waals surface area contributed by atoms with Crippen LogP contribution < -0.4 is 20.3 Å². The molecule has 0 amide bonds. The molecular formula is C22H30ClN5O2. The van der Waals surface area contributed by atoms with E-state index in [1.54, 1.807) is 7.05 Å². The molecule has 0 bridgehead atoms. The molecule has 1 aromatic heterocycles. The molecule has 8 heteroatoms. The Labute approximate surface area is 183 Å². The molecule has 1 aliphatic rings. The zero-order chi connectivity index (χ0) is 21.3. The van der Waals surface area contributed by atoms with Crippen LogP contribution in [0.1, 0.15) is 19.4 Å². The summed E-state index contributed by atoms with van der Waals surface area (Å²) in [5.41, 5.74) is 1.15. The molecule has 2 unspecified atom stereocenters. The average Bonchev–Trinajstić information content (AvgIpc) is 2.76. The van der Waals surface area contributed by atoms with E-state index < -0.39 is 0 Å². The lowest BCUT2D eigenvalue weighted by molar-refractivity contribution is 0.0529. The SMILES string of the molecule is CN=C(NCc1ccnc(N2CCOC(C)C2)c1)NCC(C)Oc1ccc(Cl)cc1. The summed E-state index contributed by atoms with van der Waals surface area (Å²) in [4.78, 5) is 11.1. The molecule has 0 spiro atoms. The molecule has 2 heterocycles. The molecule has 2 atom stereocenters. The highest BCUT2D eigenvalue weighted by Gasteiger charge is 2.18. The Bertz CT molecular complexity index is 831. The zero-order valence-electron chi connectivity index (χ0n) is 17.8. The van der Waals surface area contributed by atoms with Crippen molar-refractivity contribution < 1.29 is 9.47 Å². The number of hydrogen-bond donors (Lipinski definition) is 2. The van der Waals surface area contributed by atoms with Gasteiger partial charge in [0.2, 0.25) is 0 Å². The molecule has 1 aliphatic heterocycles. The number of hydrogen-bond acceptors (Lipinski definition) is 5. The van der Waals surface area contributed by atoms with Gasteiger partial charge in [0.25, 0.3) is 0 Å². The minimum absolute atomic E-state index is 0.0273. The van der Waals surface area contributed by atoms with Crippen LogP contribution in [0.2, 0.25) is 5.02 Å². The second-order valence-corrected chi connectivity index (χ2v) is 7.78. The van der Waals surface area contributed by atoms with Gasteiger partial charge in [0.15, 0.2) is 5.96 Å². The minimum atomic E-state index is -0.0273. The Hall–Kier alpha value is -2.51. The summed E-state index contributed by atoms with van der Waals surface area (Å²) in [5, 5.41) is 7.34. The highest BCUT2D eigenvalue weighted by molar-refractivity contribution is 6.30. The van der Waals surface area contributed by atoms with Crippen molar-refractivity contribution in [3.63, 3.8) is 0 Å². The first-order valence-corrected chi connectivity index (χ1v) is 10.6. The third-order valence-electron chi connectivity index (χ3n) is 4.77. The number of guanidine groups is 1. The number of nitrogens with one attached hydrogen (secondary N) is 2. The molecule has 3 rings (SSSR count). The number of morpholine rings is 1. The molecule has 2 aromatic rings. The first-order valence-electron chi connectivity index (χ1n) is 10.2. The van der Waals surface area contributed by atoms with Crippen LogP contribution in [0.15, 0.2) is 47.6 Å². The Kier molecular flexibility index (Phi) is 8.16. The quantitative estimate of drug-likeness (QED) is 0.518. The average molecular weight is 432 g/mol. The number of aliphatic imine (C=N–C) groups is 1. The first kappa shape index (κ1) is 22.2. The zero-order valence-corrected chi connectivity index (χ0v) is 18.5. The normalized spacial score (nSPS) is 18.1. The second-order valence-electron chi connectivity index (χ2n) is 7.34. The van der Waals surface area contributed by atoms with Gasteiger partial charge in [0.1, 0.15) is 17.7 Å². The van der Waals surface area contributed by atoms with E-state index in [0.29, 0.717) is 18.1 Å².